The van der Waals surface area contributed by atoms with E-state index in [4.69, 9.17) is 32.7 Å². The van der Waals surface area contributed by atoms with Crippen molar-refractivity contribution < 1.29 is 19.1 Å². The van der Waals surface area contributed by atoms with Crippen molar-refractivity contribution in [2.45, 2.75) is 32.9 Å². The van der Waals surface area contributed by atoms with Gasteiger partial charge >= 0.3 is 0 Å². The summed E-state index contributed by atoms with van der Waals surface area (Å²) in [6, 6.07) is 11.5. The smallest absolute Gasteiger partial charge is 0.261 e. The number of hydrogen-bond donors (Lipinski definition) is 1. The Kier molecular flexibility index (Phi) is 9.27. The first-order valence-corrected chi connectivity index (χ1v) is 10.4. The molecule has 30 heavy (non-hydrogen) atoms. The lowest BCUT2D eigenvalue weighted by atomic mass is 10.1. The van der Waals surface area contributed by atoms with Crippen LogP contribution >= 0.6 is 23.2 Å². The zero-order chi connectivity index (χ0) is 22.1. The maximum absolute atomic E-state index is 13.1. The molecule has 0 aromatic heterocycles. The van der Waals surface area contributed by atoms with E-state index in [1.807, 2.05) is 38.1 Å². The van der Waals surface area contributed by atoms with Gasteiger partial charge in [-0.15, -0.1) is 0 Å². The summed E-state index contributed by atoms with van der Waals surface area (Å²) in [7, 11) is 1.59. The second-order valence-electron chi connectivity index (χ2n) is 6.55. The van der Waals surface area contributed by atoms with E-state index in [2.05, 4.69) is 5.32 Å². The molecule has 2 aromatic rings. The molecule has 0 bridgehead atoms. The molecule has 0 aliphatic heterocycles. The van der Waals surface area contributed by atoms with E-state index in [-0.39, 0.29) is 25.0 Å². The summed E-state index contributed by atoms with van der Waals surface area (Å²) in [6.45, 7) is 4.19. The fourth-order valence-corrected chi connectivity index (χ4v) is 3.42. The van der Waals surface area contributed by atoms with E-state index in [0.29, 0.717) is 34.5 Å². The number of nitrogens with one attached hydrogen (secondary N) is 1. The molecule has 2 amide bonds. The lowest BCUT2D eigenvalue weighted by molar-refractivity contribution is -0.142. The predicted octanol–water partition coefficient (Wildman–Crippen LogP) is 4.32. The summed E-state index contributed by atoms with van der Waals surface area (Å²) < 4.78 is 10.8. The predicted molar refractivity (Wildman–Crippen MR) is 118 cm³/mol. The van der Waals surface area contributed by atoms with E-state index < -0.39 is 6.04 Å². The highest BCUT2D eigenvalue weighted by molar-refractivity contribution is 6.35. The Balaban J connectivity index is 2.21. The highest BCUT2D eigenvalue weighted by Crippen LogP contribution is 2.27. The fraction of sp³-hybridized carbons (Fsp3) is 0.364. The Hall–Kier alpha value is -2.44. The molecule has 1 atom stereocenters. The van der Waals surface area contributed by atoms with Crippen LogP contribution in [0.3, 0.4) is 0 Å². The van der Waals surface area contributed by atoms with Crippen LogP contribution in [-0.4, -0.2) is 43.0 Å². The molecule has 1 N–H and O–H groups in total. The standard InChI is InChI=1S/C22H26Cl2N2O4/c1-4-19(22(28)25-5-2)26(13-15-6-9-17(29-3)10-7-15)21(27)14-30-20-11-8-16(23)12-18(20)24/h6-12,19H,4-5,13-14H2,1-3H3,(H,25,28)/t19-/m1/s1. The first-order chi connectivity index (χ1) is 14.4. The van der Waals surface area contributed by atoms with Crippen molar-refractivity contribution in [1.82, 2.24) is 10.2 Å². The summed E-state index contributed by atoms with van der Waals surface area (Å²) >= 11 is 12.0. The van der Waals surface area contributed by atoms with Crippen molar-refractivity contribution in [3.8, 4) is 11.5 Å². The van der Waals surface area contributed by atoms with Crippen molar-refractivity contribution in [3.05, 3.63) is 58.1 Å². The molecule has 0 saturated heterocycles. The minimum Gasteiger partial charge on any atom is -0.497 e. The summed E-state index contributed by atoms with van der Waals surface area (Å²) in [5, 5.41) is 3.58. The number of hydrogen-bond acceptors (Lipinski definition) is 4. The van der Waals surface area contributed by atoms with Crippen molar-refractivity contribution in [1.29, 1.82) is 0 Å². The van der Waals surface area contributed by atoms with Crippen molar-refractivity contribution in [3.63, 3.8) is 0 Å². The fourth-order valence-electron chi connectivity index (χ4n) is 2.95. The largest absolute Gasteiger partial charge is 0.497 e. The Labute approximate surface area is 187 Å². The Morgan fingerprint density at radius 1 is 1.10 bits per heavy atom. The summed E-state index contributed by atoms with van der Waals surface area (Å²) in [4.78, 5) is 27.2. The lowest BCUT2D eigenvalue weighted by Gasteiger charge is -2.30. The Bertz CT molecular complexity index is 859. The quantitative estimate of drug-likeness (QED) is 0.582. The molecule has 2 aromatic carbocycles. The number of nitrogens with zero attached hydrogens (tertiary/aromatic N) is 1. The van der Waals surface area contributed by atoms with Crippen LogP contribution in [0, 0.1) is 0 Å². The first-order valence-electron chi connectivity index (χ1n) is 9.67. The van der Waals surface area contributed by atoms with Crippen LogP contribution in [0.5, 0.6) is 11.5 Å². The monoisotopic (exact) mass is 452 g/mol. The average molecular weight is 453 g/mol. The first kappa shape index (κ1) is 23.8. The van der Waals surface area contributed by atoms with Crippen LogP contribution in [0.1, 0.15) is 25.8 Å². The number of amides is 2. The summed E-state index contributed by atoms with van der Waals surface area (Å²) in [5.74, 6) is 0.541. The van der Waals surface area contributed by atoms with Crippen molar-refractivity contribution in [2.24, 2.45) is 0 Å². The van der Waals surface area contributed by atoms with Crippen molar-refractivity contribution in [2.75, 3.05) is 20.3 Å². The molecule has 2 rings (SSSR count). The third-order valence-corrected chi connectivity index (χ3v) is 5.02. The number of ether oxygens (including phenoxy) is 2. The normalized spacial score (nSPS) is 11.5. The third kappa shape index (κ3) is 6.54. The number of benzene rings is 2. The van der Waals surface area contributed by atoms with Crippen LogP contribution in [-0.2, 0) is 16.1 Å². The molecule has 0 aliphatic rings. The average Bonchev–Trinajstić information content (AvgIpc) is 2.73. The second-order valence-corrected chi connectivity index (χ2v) is 7.40. The van der Waals surface area contributed by atoms with Gasteiger partial charge in [0.05, 0.1) is 12.1 Å². The molecule has 0 spiro atoms. The van der Waals surface area contributed by atoms with Crippen LogP contribution in [0.25, 0.3) is 0 Å². The van der Waals surface area contributed by atoms with Crippen LogP contribution in [0.4, 0.5) is 0 Å². The van der Waals surface area contributed by atoms with Gasteiger partial charge in [0, 0.05) is 18.1 Å². The van der Waals surface area contributed by atoms with Gasteiger partial charge in [-0.2, -0.15) is 0 Å². The molecule has 0 aliphatic carbocycles. The van der Waals surface area contributed by atoms with Crippen LogP contribution in [0.15, 0.2) is 42.5 Å². The molecule has 0 unspecified atom stereocenters. The SMILES string of the molecule is CCNC(=O)[C@@H](CC)N(Cc1ccc(OC)cc1)C(=O)COc1ccc(Cl)cc1Cl. The zero-order valence-electron chi connectivity index (χ0n) is 17.3. The van der Waals surface area contributed by atoms with Crippen molar-refractivity contribution >= 4 is 35.0 Å². The van der Waals surface area contributed by atoms with Gasteiger partial charge in [0.2, 0.25) is 5.91 Å². The number of likely N-dealkylation sites (N-methyl/N-ethyl adjacent to an activating group) is 1. The topological polar surface area (TPSA) is 67.9 Å². The zero-order valence-corrected chi connectivity index (χ0v) is 18.8. The van der Waals surface area contributed by atoms with Gasteiger partial charge in [-0.3, -0.25) is 9.59 Å². The molecule has 0 radical (unpaired) electrons. The number of halogens is 2. The minimum absolute atomic E-state index is 0.202. The number of carbonyl (C=O) groups excluding carboxylic acids is 2. The number of rotatable bonds is 10. The maximum Gasteiger partial charge on any atom is 0.261 e. The highest BCUT2D eigenvalue weighted by Gasteiger charge is 2.28. The minimum atomic E-state index is -0.621. The molecule has 6 nitrogen and oxygen atoms in total. The van der Waals surface area contributed by atoms with Gasteiger partial charge in [-0.1, -0.05) is 42.3 Å². The van der Waals surface area contributed by atoms with Gasteiger partial charge in [0.15, 0.2) is 6.61 Å². The van der Waals surface area contributed by atoms with Gasteiger partial charge in [0.25, 0.3) is 5.91 Å². The second kappa shape index (κ2) is 11.7. The van der Waals surface area contributed by atoms with Crippen LogP contribution < -0.4 is 14.8 Å². The highest BCUT2D eigenvalue weighted by atomic mass is 35.5. The molecular formula is C22H26Cl2N2O4. The van der Waals surface area contributed by atoms with Gasteiger partial charge < -0.3 is 19.7 Å². The molecule has 0 heterocycles. The summed E-state index contributed by atoms with van der Waals surface area (Å²) in [5.41, 5.74) is 0.872. The Morgan fingerprint density at radius 3 is 2.37 bits per heavy atom. The van der Waals surface area contributed by atoms with Gasteiger partial charge in [-0.05, 0) is 49.2 Å². The summed E-state index contributed by atoms with van der Waals surface area (Å²) in [6.07, 6.45) is 0.468. The van der Waals surface area contributed by atoms with Gasteiger partial charge in [0.1, 0.15) is 17.5 Å². The van der Waals surface area contributed by atoms with E-state index in [9.17, 15) is 9.59 Å². The molecule has 8 heteroatoms. The van der Waals surface area contributed by atoms with Crippen LogP contribution in [0.2, 0.25) is 10.0 Å². The Morgan fingerprint density at radius 2 is 1.80 bits per heavy atom. The van der Waals surface area contributed by atoms with E-state index in [1.54, 1.807) is 25.3 Å². The molecular weight excluding hydrogens is 427 g/mol. The van der Waals surface area contributed by atoms with E-state index >= 15 is 0 Å². The number of carbonyl (C=O) groups is 2. The van der Waals surface area contributed by atoms with E-state index in [1.165, 1.54) is 4.90 Å². The maximum atomic E-state index is 13.1. The molecule has 162 valence electrons. The van der Waals surface area contributed by atoms with E-state index in [0.717, 1.165) is 5.56 Å². The third-order valence-electron chi connectivity index (χ3n) is 4.49. The lowest BCUT2D eigenvalue weighted by Crippen LogP contribution is -2.50. The molecule has 0 saturated carbocycles. The molecule has 0 fully saturated rings. The van der Waals surface area contributed by atoms with Gasteiger partial charge in [-0.25, -0.2) is 0 Å². The number of methoxy groups -OCH3 is 1.